The van der Waals surface area contributed by atoms with E-state index in [1.807, 2.05) is 31.2 Å². The van der Waals surface area contributed by atoms with Crippen LogP contribution in [0.15, 0.2) is 36.9 Å². The highest BCUT2D eigenvalue weighted by atomic mass is 31.2. The van der Waals surface area contributed by atoms with Gasteiger partial charge in [0, 0.05) is 0 Å². The molecule has 11 nitrogen and oxygen atoms in total. The smallest absolute Gasteiger partial charge is 0.390 e. The van der Waals surface area contributed by atoms with Gasteiger partial charge in [0.05, 0.1) is 25.0 Å². The molecular formula is C18H22N5O6P. The lowest BCUT2D eigenvalue weighted by molar-refractivity contribution is -0.0430. The first kappa shape index (κ1) is 20.9. The summed E-state index contributed by atoms with van der Waals surface area (Å²) in [6.45, 7) is 1.53. The van der Waals surface area contributed by atoms with Crippen LogP contribution in [0.25, 0.3) is 11.2 Å². The number of anilines is 1. The number of imidazole rings is 1. The second-order valence-electron chi connectivity index (χ2n) is 7.00. The second-order valence-corrected chi connectivity index (χ2v) is 8.24. The number of nitrogens with two attached hydrogens (primary N) is 1. The van der Waals surface area contributed by atoms with Gasteiger partial charge in [-0.3, -0.25) is 9.09 Å². The molecule has 2 aromatic heterocycles. The summed E-state index contributed by atoms with van der Waals surface area (Å²) in [5, 5.41) is 11.1. The number of nitrogens with zero attached hydrogens (tertiary/aromatic N) is 4. The summed E-state index contributed by atoms with van der Waals surface area (Å²) in [5.41, 5.74) is 8.59. The van der Waals surface area contributed by atoms with E-state index >= 15 is 0 Å². The van der Waals surface area contributed by atoms with Crippen molar-refractivity contribution in [2.24, 2.45) is 0 Å². The molecule has 0 saturated carbocycles. The zero-order valence-corrected chi connectivity index (χ0v) is 17.0. The minimum absolute atomic E-state index is 0.212. The van der Waals surface area contributed by atoms with Crippen molar-refractivity contribution in [3.63, 3.8) is 0 Å². The van der Waals surface area contributed by atoms with E-state index in [1.54, 1.807) is 4.57 Å². The topological polar surface area (TPSA) is 166 Å². The van der Waals surface area contributed by atoms with E-state index in [0.29, 0.717) is 11.2 Å². The fourth-order valence-electron chi connectivity index (χ4n) is 3.87. The molecule has 1 unspecified atom stereocenters. The standard InChI is InChI=1S/C18H22N5O6P/c1-2-10-5-3-4-6-11(10)13-15(24)12(7-28-30(25,26)27)29-18(13)23-9-22-14-16(19)20-8-21-17(14)23/h3-6,8-9,12-13,15,18,24H,2,7H2,1H3,(H2,19,20,21)(H2,25,26,27)/t12-,13?,15-,18-/m1/s1. The number of nitrogen functional groups attached to an aromatic ring is 1. The van der Waals surface area contributed by atoms with Gasteiger partial charge >= 0.3 is 7.82 Å². The van der Waals surface area contributed by atoms with Crippen molar-refractivity contribution >= 4 is 24.8 Å². The number of rotatable bonds is 6. The van der Waals surface area contributed by atoms with Gasteiger partial charge in [-0.05, 0) is 17.5 Å². The molecule has 4 rings (SSSR count). The van der Waals surface area contributed by atoms with E-state index in [-0.39, 0.29) is 5.82 Å². The van der Waals surface area contributed by atoms with Gasteiger partial charge in [-0.25, -0.2) is 19.5 Å². The van der Waals surface area contributed by atoms with E-state index < -0.39 is 38.8 Å². The monoisotopic (exact) mass is 435 g/mol. The van der Waals surface area contributed by atoms with Crippen LogP contribution in [0.2, 0.25) is 0 Å². The molecule has 3 heterocycles. The summed E-state index contributed by atoms with van der Waals surface area (Å²) in [6.07, 6.45) is 0.721. The maximum Gasteiger partial charge on any atom is 0.469 e. The van der Waals surface area contributed by atoms with Gasteiger partial charge in [0.2, 0.25) is 0 Å². The Kier molecular flexibility index (Phi) is 5.58. The number of hydrogen-bond donors (Lipinski definition) is 4. The molecule has 30 heavy (non-hydrogen) atoms. The third kappa shape index (κ3) is 3.83. The quantitative estimate of drug-likeness (QED) is 0.412. The molecule has 0 aliphatic carbocycles. The Morgan fingerprint density at radius 1 is 1.27 bits per heavy atom. The van der Waals surface area contributed by atoms with Gasteiger partial charge in [-0.2, -0.15) is 0 Å². The van der Waals surface area contributed by atoms with E-state index in [2.05, 4.69) is 19.5 Å². The largest absolute Gasteiger partial charge is 0.469 e. The van der Waals surface area contributed by atoms with Crippen LogP contribution in [0.3, 0.4) is 0 Å². The lowest BCUT2D eigenvalue weighted by atomic mass is 9.87. The lowest BCUT2D eigenvalue weighted by Gasteiger charge is -2.24. The third-order valence-electron chi connectivity index (χ3n) is 5.23. The summed E-state index contributed by atoms with van der Waals surface area (Å²) in [4.78, 5) is 30.6. The zero-order chi connectivity index (χ0) is 21.5. The molecule has 1 aliphatic rings. The highest BCUT2D eigenvalue weighted by molar-refractivity contribution is 7.46. The van der Waals surface area contributed by atoms with Gasteiger partial charge < -0.3 is 25.4 Å². The fraction of sp³-hybridized carbons (Fsp3) is 0.389. The molecule has 1 saturated heterocycles. The fourth-order valence-corrected chi connectivity index (χ4v) is 4.21. The minimum atomic E-state index is -4.72. The van der Waals surface area contributed by atoms with Crippen molar-refractivity contribution in [1.29, 1.82) is 0 Å². The number of aromatic nitrogens is 4. The minimum Gasteiger partial charge on any atom is -0.390 e. The molecule has 1 aromatic carbocycles. The summed E-state index contributed by atoms with van der Waals surface area (Å²) < 4.78 is 23.4. The number of aliphatic hydroxyl groups excluding tert-OH is 1. The SMILES string of the molecule is CCc1ccccc1C1[C@H](n2cnc3c(N)ncnc32)O[C@H](COP(=O)(O)O)[C@H]1O. The Bertz CT molecular complexity index is 1100. The summed E-state index contributed by atoms with van der Waals surface area (Å²) >= 11 is 0. The Morgan fingerprint density at radius 3 is 2.77 bits per heavy atom. The lowest BCUT2D eigenvalue weighted by Crippen LogP contribution is -2.29. The summed E-state index contributed by atoms with van der Waals surface area (Å²) in [5.74, 6) is -0.343. The van der Waals surface area contributed by atoms with Gasteiger partial charge in [0.1, 0.15) is 24.2 Å². The molecular weight excluding hydrogens is 413 g/mol. The number of aliphatic hydroxyl groups is 1. The third-order valence-corrected chi connectivity index (χ3v) is 5.72. The van der Waals surface area contributed by atoms with Gasteiger partial charge in [-0.15, -0.1) is 0 Å². The molecule has 1 aliphatic heterocycles. The average Bonchev–Trinajstić information content (AvgIpc) is 3.27. The Morgan fingerprint density at radius 2 is 2.03 bits per heavy atom. The normalized spacial score (nSPS) is 24.5. The number of phosphoric acid groups is 1. The predicted octanol–water partition coefficient (Wildman–Crippen LogP) is 1.12. The number of ether oxygens (including phenoxy) is 1. The predicted molar refractivity (Wildman–Crippen MR) is 106 cm³/mol. The van der Waals surface area contributed by atoms with Crippen LogP contribution >= 0.6 is 7.82 Å². The second kappa shape index (κ2) is 8.03. The molecule has 4 atom stereocenters. The van der Waals surface area contributed by atoms with Crippen LogP contribution in [0.4, 0.5) is 5.82 Å². The van der Waals surface area contributed by atoms with Crippen molar-refractivity contribution in [2.75, 3.05) is 12.3 Å². The van der Waals surface area contributed by atoms with Gasteiger partial charge in [0.15, 0.2) is 11.5 Å². The van der Waals surface area contributed by atoms with Crippen LogP contribution in [0.1, 0.15) is 30.2 Å². The number of aryl methyl sites for hydroxylation is 1. The molecule has 12 heteroatoms. The Balaban J connectivity index is 1.78. The van der Waals surface area contributed by atoms with Crippen molar-refractivity contribution in [3.05, 3.63) is 48.0 Å². The molecule has 0 radical (unpaired) electrons. The van der Waals surface area contributed by atoms with Crippen molar-refractivity contribution in [2.45, 2.75) is 37.7 Å². The Labute approximate surface area is 171 Å². The number of phosphoric ester groups is 1. The van der Waals surface area contributed by atoms with Crippen LogP contribution in [0.5, 0.6) is 0 Å². The van der Waals surface area contributed by atoms with Crippen LogP contribution in [0, 0.1) is 0 Å². The summed E-state index contributed by atoms with van der Waals surface area (Å²) in [7, 11) is -4.72. The first-order valence-electron chi connectivity index (χ1n) is 9.34. The number of benzene rings is 1. The van der Waals surface area contributed by atoms with Gasteiger partial charge in [0.25, 0.3) is 0 Å². The molecule has 3 aromatic rings. The highest BCUT2D eigenvalue weighted by Crippen LogP contribution is 2.46. The molecule has 0 amide bonds. The van der Waals surface area contributed by atoms with E-state index in [1.165, 1.54) is 12.7 Å². The molecule has 0 bridgehead atoms. The molecule has 1 fully saturated rings. The molecule has 5 N–H and O–H groups in total. The van der Waals surface area contributed by atoms with Crippen molar-refractivity contribution in [1.82, 2.24) is 19.5 Å². The van der Waals surface area contributed by atoms with Gasteiger partial charge in [-0.1, -0.05) is 31.2 Å². The van der Waals surface area contributed by atoms with Crippen molar-refractivity contribution in [3.8, 4) is 0 Å². The zero-order valence-electron chi connectivity index (χ0n) is 16.1. The number of hydrogen-bond acceptors (Lipinski definition) is 8. The average molecular weight is 435 g/mol. The first-order valence-corrected chi connectivity index (χ1v) is 10.9. The van der Waals surface area contributed by atoms with Crippen LogP contribution < -0.4 is 5.73 Å². The van der Waals surface area contributed by atoms with Crippen LogP contribution in [-0.4, -0.2) is 53.2 Å². The maximum atomic E-state index is 11.2. The van der Waals surface area contributed by atoms with E-state index in [4.69, 9.17) is 20.3 Å². The van der Waals surface area contributed by atoms with Crippen molar-refractivity contribution < 1.29 is 28.7 Å². The maximum absolute atomic E-state index is 11.2. The van der Waals surface area contributed by atoms with E-state index in [9.17, 15) is 9.67 Å². The first-order chi connectivity index (χ1) is 14.3. The van der Waals surface area contributed by atoms with Crippen LogP contribution in [-0.2, 0) is 20.2 Å². The number of fused-ring (bicyclic) bond motifs is 1. The summed E-state index contributed by atoms with van der Waals surface area (Å²) in [6, 6.07) is 7.64. The highest BCUT2D eigenvalue weighted by Gasteiger charge is 2.47. The Hall–Kier alpha value is -2.40. The van der Waals surface area contributed by atoms with E-state index in [0.717, 1.165) is 17.5 Å². The molecule has 160 valence electrons. The molecule has 0 spiro atoms.